The van der Waals surface area contributed by atoms with Crippen LogP contribution in [0.5, 0.6) is 0 Å². The van der Waals surface area contributed by atoms with E-state index in [-0.39, 0.29) is 41.9 Å². The summed E-state index contributed by atoms with van der Waals surface area (Å²) < 4.78 is 10.7. The van der Waals surface area contributed by atoms with Gasteiger partial charge in [-0.15, -0.1) is 24.0 Å². The lowest BCUT2D eigenvalue weighted by Gasteiger charge is -2.34. The molecule has 1 N–H and O–H groups in total. The van der Waals surface area contributed by atoms with E-state index in [1.54, 1.807) is 13.3 Å². The second-order valence-corrected chi connectivity index (χ2v) is 6.44. The molecular weight excluding hydrogens is 447 g/mol. The highest BCUT2D eigenvalue weighted by Gasteiger charge is 2.28. The minimum Gasteiger partial charge on any atom is -0.468 e. The average Bonchev–Trinajstić information content (AvgIpc) is 3.13. The molecule has 1 fully saturated rings. The van der Waals surface area contributed by atoms with E-state index in [0.29, 0.717) is 13.2 Å². The van der Waals surface area contributed by atoms with E-state index in [4.69, 9.17) is 9.15 Å². The van der Waals surface area contributed by atoms with Crippen LogP contribution in [0, 0.1) is 5.92 Å². The Balaban J connectivity index is 0.00000338. The summed E-state index contributed by atoms with van der Waals surface area (Å²) in [4.78, 5) is 20.6. The third-order valence-corrected chi connectivity index (χ3v) is 4.57. The number of piperidine rings is 1. The van der Waals surface area contributed by atoms with Crippen molar-refractivity contribution < 1.29 is 13.9 Å². The van der Waals surface area contributed by atoms with Crippen LogP contribution in [0.15, 0.2) is 27.8 Å². The molecule has 0 amide bonds. The molecule has 1 aromatic heterocycles. The number of guanidine groups is 1. The van der Waals surface area contributed by atoms with Crippen molar-refractivity contribution in [1.29, 1.82) is 0 Å². The fraction of sp³-hybridized carbons (Fsp3) is 0.667. The Hall–Kier alpha value is -1.29. The summed E-state index contributed by atoms with van der Waals surface area (Å²) in [6.45, 7) is 4.60. The Kier molecular flexibility index (Phi) is 10.0. The van der Waals surface area contributed by atoms with Crippen molar-refractivity contribution in [3.05, 3.63) is 24.2 Å². The predicted molar refractivity (Wildman–Crippen MR) is 113 cm³/mol. The van der Waals surface area contributed by atoms with Gasteiger partial charge in [-0.3, -0.25) is 14.7 Å². The maximum absolute atomic E-state index is 11.9. The van der Waals surface area contributed by atoms with Crippen LogP contribution in [0.1, 0.15) is 31.6 Å². The second-order valence-electron chi connectivity index (χ2n) is 6.44. The van der Waals surface area contributed by atoms with E-state index in [1.165, 1.54) is 0 Å². The van der Waals surface area contributed by atoms with Gasteiger partial charge in [0, 0.05) is 26.7 Å². The number of hydrogen-bond donors (Lipinski definition) is 1. The number of nitrogens with zero attached hydrogens (tertiary/aromatic N) is 3. The van der Waals surface area contributed by atoms with E-state index >= 15 is 0 Å². The number of rotatable bonds is 6. The van der Waals surface area contributed by atoms with Gasteiger partial charge in [-0.25, -0.2) is 0 Å². The highest BCUT2D eigenvalue weighted by Crippen LogP contribution is 2.20. The summed E-state index contributed by atoms with van der Waals surface area (Å²) in [7, 11) is 5.85. The van der Waals surface area contributed by atoms with E-state index in [2.05, 4.69) is 20.1 Å². The molecule has 1 saturated heterocycles. The lowest BCUT2D eigenvalue weighted by molar-refractivity contribution is -0.149. The van der Waals surface area contributed by atoms with Crippen LogP contribution in [-0.2, 0) is 9.53 Å². The summed E-state index contributed by atoms with van der Waals surface area (Å²) in [6.07, 6.45) is 3.30. The minimum absolute atomic E-state index is 0. The summed E-state index contributed by atoms with van der Waals surface area (Å²) in [5.41, 5.74) is 0. The standard InChI is InChI=1S/C18H30N4O3.HI/c1-5-24-17(23)14-8-10-22(11-9-14)18(19-2)20-13-15(21(3)4)16-7-6-12-25-16;/h6-7,12,14-15H,5,8-11,13H2,1-4H3,(H,19,20);1H. The van der Waals surface area contributed by atoms with E-state index in [9.17, 15) is 4.79 Å². The summed E-state index contributed by atoms with van der Waals surface area (Å²) in [5.74, 6) is 1.72. The minimum atomic E-state index is -0.0735. The molecule has 0 saturated carbocycles. The van der Waals surface area contributed by atoms with Crippen molar-refractivity contribution >= 4 is 35.9 Å². The first-order valence-electron chi connectivity index (χ1n) is 8.88. The zero-order valence-corrected chi connectivity index (χ0v) is 18.4. The maximum atomic E-state index is 11.9. The van der Waals surface area contributed by atoms with Gasteiger partial charge in [0.25, 0.3) is 0 Å². The molecule has 0 radical (unpaired) electrons. The van der Waals surface area contributed by atoms with Crippen LogP contribution in [0.2, 0.25) is 0 Å². The number of ether oxygens (including phenoxy) is 1. The van der Waals surface area contributed by atoms with Crippen LogP contribution in [0.3, 0.4) is 0 Å². The molecule has 0 aliphatic carbocycles. The number of hydrogen-bond acceptors (Lipinski definition) is 5. The Morgan fingerprint density at radius 1 is 1.46 bits per heavy atom. The fourth-order valence-electron chi connectivity index (χ4n) is 3.13. The SMILES string of the molecule is CCOC(=O)C1CCN(C(=NC)NCC(c2ccco2)N(C)C)CC1.I. The van der Waals surface area contributed by atoms with Crippen molar-refractivity contribution in [2.75, 3.05) is 47.4 Å². The summed E-state index contributed by atoms with van der Waals surface area (Å²) >= 11 is 0. The topological polar surface area (TPSA) is 70.3 Å². The van der Waals surface area contributed by atoms with Crippen LogP contribution in [-0.4, -0.2) is 69.1 Å². The molecule has 148 valence electrons. The summed E-state index contributed by atoms with van der Waals surface area (Å²) in [6, 6.07) is 4.02. The first-order valence-corrected chi connectivity index (χ1v) is 8.88. The number of aliphatic imine (C=N–C) groups is 1. The van der Waals surface area contributed by atoms with Gasteiger partial charge in [-0.2, -0.15) is 0 Å². The number of likely N-dealkylation sites (N-methyl/N-ethyl adjacent to an activating group) is 1. The van der Waals surface area contributed by atoms with Crippen molar-refractivity contribution in [2.45, 2.75) is 25.8 Å². The van der Waals surface area contributed by atoms with Gasteiger partial charge in [0.2, 0.25) is 0 Å². The fourth-order valence-corrected chi connectivity index (χ4v) is 3.13. The van der Waals surface area contributed by atoms with E-state index in [0.717, 1.165) is 37.7 Å². The smallest absolute Gasteiger partial charge is 0.309 e. The van der Waals surface area contributed by atoms with Crippen molar-refractivity contribution in [1.82, 2.24) is 15.1 Å². The predicted octanol–water partition coefficient (Wildman–Crippen LogP) is 2.35. The highest BCUT2D eigenvalue weighted by atomic mass is 127. The van der Waals surface area contributed by atoms with Gasteiger partial charge < -0.3 is 19.4 Å². The zero-order valence-electron chi connectivity index (χ0n) is 16.1. The number of carbonyl (C=O) groups excluding carboxylic acids is 1. The Morgan fingerprint density at radius 3 is 2.65 bits per heavy atom. The third kappa shape index (κ3) is 6.15. The molecular formula is C18H31IN4O3. The number of likely N-dealkylation sites (tertiary alicyclic amines) is 1. The van der Waals surface area contributed by atoms with E-state index in [1.807, 2.05) is 33.2 Å². The molecule has 0 spiro atoms. The van der Waals surface area contributed by atoms with Crippen molar-refractivity contribution in [3.63, 3.8) is 0 Å². The van der Waals surface area contributed by atoms with Gasteiger partial charge in [-0.05, 0) is 46.0 Å². The third-order valence-electron chi connectivity index (χ3n) is 4.57. The van der Waals surface area contributed by atoms with Crippen LogP contribution >= 0.6 is 24.0 Å². The molecule has 0 aromatic carbocycles. The molecule has 1 aromatic rings. The van der Waals surface area contributed by atoms with Crippen LogP contribution in [0.25, 0.3) is 0 Å². The number of carbonyl (C=O) groups is 1. The largest absolute Gasteiger partial charge is 0.468 e. The Morgan fingerprint density at radius 2 is 2.15 bits per heavy atom. The lowest BCUT2D eigenvalue weighted by Crippen LogP contribution is -2.48. The van der Waals surface area contributed by atoms with Gasteiger partial charge in [0.05, 0.1) is 24.8 Å². The molecule has 1 unspecified atom stereocenters. The van der Waals surface area contributed by atoms with Gasteiger partial charge in [0.15, 0.2) is 5.96 Å². The Bertz CT molecular complexity index is 555. The van der Waals surface area contributed by atoms with Crippen molar-refractivity contribution in [2.24, 2.45) is 10.9 Å². The number of furan rings is 1. The molecule has 1 aliphatic rings. The number of halogens is 1. The molecule has 0 bridgehead atoms. The van der Waals surface area contributed by atoms with Gasteiger partial charge >= 0.3 is 5.97 Å². The molecule has 7 nitrogen and oxygen atoms in total. The van der Waals surface area contributed by atoms with Crippen LogP contribution in [0.4, 0.5) is 0 Å². The second kappa shape index (κ2) is 11.4. The number of nitrogens with one attached hydrogen (secondary N) is 1. The zero-order chi connectivity index (χ0) is 18.2. The molecule has 26 heavy (non-hydrogen) atoms. The van der Waals surface area contributed by atoms with Crippen molar-refractivity contribution in [3.8, 4) is 0 Å². The molecule has 1 aliphatic heterocycles. The maximum Gasteiger partial charge on any atom is 0.309 e. The average molecular weight is 478 g/mol. The first-order chi connectivity index (χ1) is 12.1. The van der Waals surface area contributed by atoms with Gasteiger partial charge in [0.1, 0.15) is 5.76 Å². The quantitative estimate of drug-likeness (QED) is 0.293. The first kappa shape index (κ1) is 22.8. The van der Waals surface area contributed by atoms with E-state index < -0.39 is 0 Å². The summed E-state index contributed by atoms with van der Waals surface area (Å²) in [5, 5.41) is 3.44. The Labute approximate surface area is 173 Å². The highest BCUT2D eigenvalue weighted by molar-refractivity contribution is 14.0. The normalized spacial score (nSPS) is 17.0. The molecule has 2 heterocycles. The lowest BCUT2D eigenvalue weighted by atomic mass is 9.97. The molecule has 1 atom stereocenters. The van der Waals surface area contributed by atoms with Gasteiger partial charge in [-0.1, -0.05) is 0 Å². The number of esters is 1. The molecule has 8 heteroatoms. The monoisotopic (exact) mass is 478 g/mol. The molecule has 2 rings (SSSR count). The van der Waals surface area contributed by atoms with Crippen LogP contribution < -0.4 is 5.32 Å².